The van der Waals surface area contributed by atoms with Crippen LogP contribution >= 0.6 is 0 Å². The van der Waals surface area contributed by atoms with Gasteiger partial charge in [0.2, 0.25) is 11.8 Å². The molecular formula is C30H36FN3O4S. The number of nitrogens with one attached hydrogen (secondary N) is 1. The molecule has 39 heavy (non-hydrogen) atoms. The Morgan fingerprint density at radius 1 is 0.846 bits per heavy atom. The van der Waals surface area contributed by atoms with Gasteiger partial charge in [-0.2, -0.15) is 0 Å². The molecule has 0 unspecified atom stereocenters. The second kappa shape index (κ2) is 12.9. The summed E-state index contributed by atoms with van der Waals surface area (Å²) in [6, 6.07) is 19.7. The van der Waals surface area contributed by atoms with Crippen molar-refractivity contribution >= 4 is 27.5 Å². The third-order valence-electron chi connectivity index (χ3n) is 6.35. The zero-order valence-electron chi connectivity index (χ0n) is 23.0. The Hall–Kier alpha value is -3.72. The number of sulfonamides is 1. The van der Waals surface area contributed by atoms with Crippen molar-refractivity contribution in [3.8, 4) is 0 Å². The number of carbonyl (C=O) groups is 2. The number of amides is 2. The van der Waals surface area contributed by atoms with Crippen LogP contribution in [-0.4, -0.2) is 43.8 Å². The molecule has 0 aliphatic carbocycles. The summed E-state index contributed by atoms with van der Waals surface area (Å²) in [6.07, 6.45) is 0. The molecule has 0 saturated carbocycles. The number of rotatable bonds is 11. The van der Waals surface area contributed by atoms with E-state index in [0.29, 0.717) is 5.69 Å². The van der Waals surface area contributed by atoms with Crippen LogP contribution in [0.25, 0.3) is 0 Å². The summed E-state index contributed by atoms with van der Waals surface area (Å²) >= 11 is 0. The summed E-state index contributed by atoms with van der Waals surface area (Å²) in [6.45, 7) is 8.41. The van der Waals surface area contributed by atoms with Gasteiger partial charge in [-0.3, -0.25) is 13.9 Å². The average molecular weight is 554 g/mol. The van der Waals surface area contributed by atoms with Crippen LogP contribution in [0.4, 0.5) is 10.1 Å². The molecule has 0 heterocycles. The molecule has 0 aliphatic heterocycles. The van der Waals surface area contributed by atoms with Gasteiger partial charge in [-0.15, -0.1) is 0 Å². The quantitative estimate of drug-likeness (QED) is 0.359. The van der Waals surface area contributed by atoms with Gasteiger partial charge in [0.1, 0.15) is 18.4 Å². The maximum Gasteiger partial charge on any atom is 0.264 e. The minimum absolute atomic E-state index is 0.0250. The Morgan fingerprint density at radius 2 is 1.44 bits per heavy atom. The predicted octanol–water partition coefficient (Wildman–Crippen LogP) is 5.09. The van der Waals surface area contributed by atoms with Crippen LogP contribution in [0.5, 0.6) is 0 Å². The SMILES string of the molecule is CC(C)NC(=O)[C@@H](C)N(Cc1ccccc1F)C(=O)CN(c1ccc(C(C)C)cc1)S(=O)(=O)c1ccccc1. The third kappa shape index (κ3) is 7.44. The highest BCUT2D eigenvalue weighted by molar-refractivity contribution is 7.92. The number of hydrogen-bond donors (Lipinski definition) is 1. The van der Waals surface area contributed by atoms with Gasteiger partial charge in [0, 0.05) is 18.2 Å². The van der Waals surface area contributed by atoms with Crippen molar-refractivity contribution in [2.75, 3.05) is 10.8 Å². The topological polar surface area (TPSA) is 86.8 Å². The van der Waals surface area contributed by atoms with Gasteiger partial charge < -0.3 is 10.2 Å². The maximum atomic E-state index is 14.6. The lowest BCUT2D eigenvalue weighted by molar-refractivity contribution is -0.139. The van der Waals surface area contributed by atoms with E-state index in [0.717, 1.165) is 9.87 Å². The van der Waals surface area contributed by atoms with Gasteiger partial charge in [0.15, 0.2) is 0 Å². The van der Waals surface area contributed by atoms with Crippen LogP contribution in [0.2, 0.25) is 0 Å². The molecule has 0 spiro atoms. The molecule has 208 valence electrons. The molecule has 0 saturated heterocycles. The Bertz CT molecular complexity index is 1380. The van der Waals surface area contributed by atoms with Crippen molar-refractivity contribution < 1.29 is 22.4 Å². The van der Waals surface area contributed by atoms with E-state index in [1.54, 1.807) is 57.2 Å². The molecule has 0 aliphatic rings. The van der Waals surface area contributed by atoms with E-state index in [4.69, 9.17) is 0 Å². The van der Waals surface area contributed by atoms with E-state index in [1.165, 1.54) is 35.2 Å². The van der Waals surface area contributed by atoms with Crippen LogP contribution < -0.4 is 9.62 Å². The van der Waals surface area contributed by atoms with E-state index in [2.05, 4.69) is 5.32 Å². The first-order chi connectivity index (χ1) is 18.4. The normalized spacial score (nSPS) is 12.3. The standard InChI is InChI=1S/C30H36FN3O4S/c1-21(2)24-15-17-26(18-16-24)34(39(37,38)27-12-7-6-8-13-27)20-29(35)33(23(5)30(36)32-22(3)4)19-25-11-9-10-14-28(25)31/h6-18,21-23H,19-20H2,1-5H3,(H,32,36)/t23-/m1/s1. The zero-order valence-corrected chi connectivity index (χ0v) is 23.8. The summed E-state index contributed by atoms with van der Waals surface area (Å²) in [4.78, 5) is 28.0. The second-order valence-corrected chi connectivity index (χ2v) is 11.9. The number of hydrogen-bond acceptors (Lipinski definition) is 4. The monoisotopic (exact) mass is 553 g/mol. The molecule has 3 aromatic carbocycles. The molecule has 2 amide bonds. The lowest BCUT2D eigenvalue weighted by atomic mass is 10.0. The lowest BCUT2D eigenvalue weighted by Crippen LogP contribution is -2.52. The maximum absolute atomic E-state index is 14.6. The van der Waals surface area contributed by atoms with Crippen molar-refractivity contribution in [3.63, 3.8) is 0 Å². The van der Waals surface area contributed by atoms with E-state index >= 15 is 0 Å². The van der Waals surface area contributed by atoms with Crippen LogP contribution in [-0.2, 0) is 26.2 Å². The van der Waals surface area contributed by atoms with Gasteiger partial charge in [-0.25, -0.2) is 12.8 Å². The molecule has 9 heteroatoms. The summed E-state index contributed by atoms with van der Waals surface area (Å²) in [5, 5.41) is 2.78. The number of halogens is 1. The van der Waals surface area contributed by atoms with Gasteiger partial charge >= 0.3 is 0 Å². The van der Waals surface area contributed by atoms with Gasteiger partial charge in [0.25, 0.3) is 10.0 Å². The van der Waals surface area contributed by atoms with Crippen molar-refractivity contribution in [1.82, 2.24) is 10.2 Å². The predicted molar refractivity (Wildman–Crippen MR) is 151 cm³/mol. The number of benzene rings is 3. The fourth-order valence-corrected chi connectivity index (χ4v) is 5.51. The Labute approximate surface area is 230 Å². The Balaban J connectivity index is 2.04. The average Bonchev–Trinajstić information content (AvgIpc) is 2.90. The molecule has 0 bridgehead atoms. The first-order valence-electron chi connectivity index (χ1n) is 12.9. The van der Waals surface area contributed by atoms with Crippen LogP contribution in [0.1, 0.15) is 51.7 Å². The molecule has 0 radical (unpaired) electrons. The summed E-state index contributed by atoms with van der Waals surface area (Å²) in [7, 11) is -4.15. The molecular weight excluding hydrogens is 517 g/mol. The molecule has 1 N–H and O–H groups in total. The third-order valence-corrected chi connectivity index (χ3v) is 8.14. The molecule has 3 rings (SSSR count). The number of nitrogens with zero attached hydrogens (tertiary/aromatic N) is 2. The van der Waals surface area contributed by atoms with Crippen LogP contribution in [0, 0.1) is 5.82 Å². The summed E-state index contributed by atoms with van der Waals surface area (Å²) in [5.41, 5.74) is 1.54. The minimum atomic E-state index is -4.15. The fourth-order valence-electron chi connectivity index (χ4n) is 4.07. The highest BCUT2D eigenvalue weighted by Gasteiger charge is 2.33. The van der Waals surface area contributed by atoms with Crippen molar-refractivity contribution in [2.24, 2.45) is 0 Å². The zero-order chi connectivity index (χ0) is 28.7. The largest absolute Gasteiger partial charge is 0.352 e. The number of carbonyl (C=O) groups excluding carboxylic acids is 2. The van der Waals surface area contributed by atoms with Crippen molar-refractivity contribution in [1.29, 1.82) is 0 Å². The van der Waals surface area contributed by atoms with E-state index < -0.39 is 40.2 Å². The molecule has 0 fully saturated rings. The smallest absolute Gasteiger partial charge is 0.264 e. The van der Waals surface area contributed by atoms with Gasteiger partial charge in [0.05, 0.1) is 10.6 Å². The molecule has 1 atom stereocenters. The van der Waals surface area contributed by atoms with Gasteiger partial charge in [-0.05, 0) is 62.6 Å². The minimum Gasteiger partial charge on any atom is -0.352 e. The van der Waals surface area contributed by atoms with E-state index in [1.807, 2.05) is 26.0 Å². The first-order valence-corrected chi connectivity index (χ1v) is 14.4. The van der Waals surface area contributed by atoms with Crippen LogP contribution in [0.15, 0.2) is 83.8 Å². The van der Waals surface area contributed by atoms with E-state index in [-0.39, 0.29) is 29.0 Å². The second-order valence-electron chi connectivity index (χ2n) is 10.0. The highest BCUT2D eigenvalue weighted by Crippen LogP contribution is 2.26. The Morgan fingerprint density at radius 3 is 2.00 bits per heavy atom. The Kier molecular flexibility index (Phi) is 9.86. The molecule has 0 aromatic heterocycles. The summed E-state index contributed by atoms with van der Waals surface area (Å²) < 4.78 is 43.2. The summed E-state index contributed by atoms with van der Waals surface area (Å²) in [5.74, 6) is -1.35. The van der Waals surface area contributed by atoms with E-state index in [9.17, 15) is 22.4 Å². The van der Waals surface area contributed by atoms with Crippen molar-refractivity contribution in [2.45, 2.75) is 64.1 Å². The van der Waals surface area contributed by atoms with Gasteiger partial charge in [-0.1, -0.05) is 62.4 Å². The molecule has 3 aromatic rings. The van der Waals surface area contributed by atoms with Crippen LogP contribution in [0.3, 0.4) is 0 Å². The first kappa shape index (κ1) is 29.8. The molecule has 7 nitrogen and oxygen atoms in total. The number of anilines is 1. The highest BCUT2D eigenvalue weighted by atomic mass is 32.2. The van der Waals surface area contributed by atoms with Crippen molar-refractivity contribution in [3.05, 3.63) is 95.8 Å². The fraction of sp³-hybridized carbons (Fsp3) is 0.333. The lowest BCUT2D eigenvalue weighted by Gasteiger charge is -2.32.